The molecule has 0 aliphatic rings. The Balaban J connectivity index is 5.24. The van der Waals surface area contributed by atoms with Gasteiger partial charge in [0, 0.05) is 25.7 Å². The summed E-state index contributed by atoms with van der Waals surface area (Å²) in [5.74, 6) is -1.44. The van der Waals surface area contributed by atoms with Gasteiger partial charge >= 0.3 is 39.5 Å². The molecule has 0 bridgehead atoms. The molecule has 534 valence electrons. The van der Waals surface area contributed by atoms with Crippen molar-refractivity contribution < 1.29 is 80.2 Å². The Labute approximate surface area is 549 Å². The van der Waals surface area contributed by atoms with E-state index in [4.69, 9.17) is 37.0 Å². The van der Waals surface area contributed by atoms with Gasteiger partial charge in [0.15, 0.2) is 12.2 Å². The lowest BCUT2D eigenvalue weighted by Crippen LogP contribution is -2.30. The predicted octanol–water partition coefficient (Wildman–Crippen LogP) is 20.5. The number of carbonyl (C=O) groups excluding carboxylic acids is 4. The van der Waals surface area contributed by atoms with Crippen molar-refractivity contribution in [1.29, 1.82) is 0 Å². The first-order chi connectivity index (χ1) is 43.5. The maximum Gasteiger partial charge on any atom is 0.472 e. The normalized spacial score (nSPS) is 14.1. The number of rotatable bonds is 71. The van der Waals surface area contributed by atoms with Crippen LogP contribution in [0.2, 0.25) is 0 Å². The minimum absolute atomic E-state index is 0.107. The third kappa shape index (κ3) is 64.8. The van der Waals surface area contributed by atoms with E-state index in [1.165, 1.54) is 186 Å². The van der Waals surface area contributed by atoms with Crippen LogP contribution in [-0.2, 0) is 65.4 Å². The number of hydrogen-bond donors (Lipinski definition) is 3. The summed E-state index contributed by atoms with van der Waals surface area (Å²) in [6.45, 7) is 7.18. The van der Waals surface area contributed by atoms with Gasteiger partial charge < -0.3 is 33.8 Å². The van der Waals surface area contributed by atoms with Crippen molar-refractivity contribution in [1.82, 2.24) is 0 Å². The number of phosphoric ester groups is 2. The topological polar surface area (TPSA) is 237 Å². The molecule has 17 nitrogen and oxygen atoms in total. The van der Waals surface area contributed by atoms with Crippen molar-refractivity contribution in [2.75, 3.05) is 39.6 Å². The molecule has 0 aromatic heterocycles. The number of aliphatic hydroxyl groups excluding tert-OH is 1. The van der Waals surface area contributed by atoms with Crippen LogP contribution in [0.1, 0.15) is 369 Å². The van der Waals surface area contributed by atoms with Crippen molar-refractivity contribution in [3.05, 3.63) is 0 Å². The van der Waals surface area contributed by atoms with Gasteiger partial charge in [0.05, 0.1) is 26.4 Å². The lowest BCUT2D eigenvalue weighted by atomic mass is 10.0. The number of esters is 4. The third-order valence-corrected chi connectivity index (χ3v) is 18.4. The van der Waals surface area contributed by atoms with Crippen LogP contribution in [0.15, 0.2) is 0 Å². The second-order valence-corrected chi connectivity index (χ2v) is 29.0. The standard InChI is InChI=1S/C71H138O17P2/c1-6-9-12-15-18-21-24-27-29-31-34-37-40-47-52-57-71(76)87-66(60-81-68(73)54-49-44-38-35-33-30-28-25-22-19-16-13-10-7-2)62-85-89(77,78)83-58-65(72)59-84-90(79,80)86-63-67(61-82-69(74)55-50-45-42-41-43-48-53-64(4)5)88-70(75)56-51-46-39-36-32-26-23-20-17-14-11-8-3/h64-67,72H,6-63H2,1-5H3,(H,77,78)(H,79,80)/t65-,66-,67-/m1/s1. The Bertz CT molecular complexity index is 1740. The quantitative estimate of drug-likeness (QED) is 0.0222. The molecule has 0 saturated heterocycles. The highest BCUT2D eigenvalue weighted by Gasteiger charge is 2.30. The van der Waals surface area contributed by atoms with E-state index in [0.29, 0.717) is 31.6 Å². The van der Waals surface area contributed by atoms with Crippen LogP contribution in [0.5, 0.6) is 0 Å². The first-order valence-electron chi connectivity index (χ1n) is 37.1. The van der Waals surface area contributed by atoms with E-state index in [9.17, 15) is 43.2 Å². The van der Waals surface area contributed by atoms with Gasteiger partial charge in [0.2, 0.25) is 0 Å². The monoisotopic (exact) mass is 1320 g/mol. The number of phosphoric acid groups is 2. The van der Waals surface area contributed by atoms with Crippen LogP contribution in [-0.4, -0.2) is 96.7 Å². The molecule has 0 aromatic carbocycles. The largest absolute Gasteiger partial charge is 0.472 e. The molecule has 2 unspecified atom stereocenters. The van der Waals surface area contributed by atoms with Crippen LogP contribution in [0.4, 0.5) is 0 Å². The SMILES string of the molecule is CCCCCCCCCCCCCCCCCC(=O)O[C@H](COC(=O)CCCCCCCCCCCCCCCC)COP(=O)(O)OC[C@@H](O)COP(=O)(O)OC[C@@H](COC(=O)CCCCCCCCC(C)C)OC(=O)CCCCCCCCCCCCCC. The molecule has 0 aliphatic heterocycles. The lowest BCUT2D eigenvalue weighted by Gasteiger charge is -2.21. The Kier molecular flexibility index (Phi) is 63.0. The van der Waals surface area contributed by atoms with Gasteiger partial charge in [-0.05, 0) is 31.6 Å². The summed E-state index contributed by atoms with van der Waals surface area (Å²) in [6.07, 6.45) is 51.3. The minimum Gasteiger partial charge on any atom is -0.462 e. The molecule has 0 heterocycles. The van der Waals surface area contributed by atoms with Crippen molar-refractivity contribution in [3.63, 3.8) is 0 Å². The number of ether oxygens (including phenoxy) is 4. The first kappa shape index (κ1) is 88.1. The van der Waals surface area contributed by atoms with Crippen LogP contribution in [0, 0.1) is 5.92 Å². The van der Waals surface area contributed by atoms with E-state index >= 15 is 0 Å². The third-order valence-electron chi connectivity index (χ3n) is 16.5. The summed E-state index contributed by atoms with van der Waals surface area (Å²) in [5, 5.41) is 10.6. The van der Waals surface area contributed by atoms with Crippen molar-refractivity contribution >= 4 is 39.5 Å². The molecular weight excluding hydrogens is 1190 g/mol. The Morgan fingerprint density at radius 2 is 0.511 bits per heavy atom. The number of aliphatic hydroxyl groups is 1. The molecule has 90 heavy (non-hydrogen) atoms. The van der Waals surface area contributed by atoms with E-state index in [0.717, 1.165) is 96.3 Å². The van der Waals surface area contributed by atoms with E-state index in [-0.39, 0.29) is 25.7 Å². The summed E-state index contributed by atoms with van der Waals surface area (Å²) in [7, 11) is -9.90. The van der Waals surface area contributed by atoms with Gasteiger partial charge in [-0.3, -0.25) is 37.3 Å². The average molecular weight is 1330 g/mol. The van der Waals surface area contributed by atoms with Crippen molar-refractivity contribution in [3.8, 4) is 0 Å². The highest BCUT2D eigenvalue weighted by molar-refractivity contribution is 7.47. The van der Waals surface area contributed by atoms with E-state index in [2.05, 4.69) is 34.6 Å². The fourth-order valence-corrected chi connectivity index (χ4v) is 12.4. The summed E-state index contributed by atoms with van der Waals surface area (Å²) < 4.78 is 68.3. The van der Waals surface area contributed by atoms with Gasteiger partial charge in [0.1, 0.15) is 19.3 Å². The maximum absolute atomic E-state index is 13.0. The number of unbranched alkanes of at least 4 members (excludes halogenated alkanes) is 43. The summed E-state index contributed by atoms with van der Waals surface area (Å²) in [5.41, 5.74) is 0. The van der Waals surface area contributed by atoms with Crippen molar-refractivity contribution in [2.45, 2.75) is 387 Å². The molecule has 5 atom stereocenters. The Morgan fingerprint density at radius 1 is 0.300 bits per heavy atom. The zero-order valence-corrected chi connectivity index (χ0v) is 60.1. The molecule has 0 aliphatic carbocycles. The summed E-state index contributed by atoms with van der Waals surface area (Å²) in [6, 6.07) is 0. The molecule has 0 aromatic rings. The molecule has 0 rings (SSSR count). The number of carbonyl (C=O) groups is 4. The fraction of sp³-hybridized carbons (Fsp3) is 0.944. The molecular formula is C71H138O17P2. The highest BCUT2D eigenvalue weighted by atomic mass is 31.2. The molecule has 19 heteroatoms. The second kappa shape index (κ2) is 64.4. The zero-order chi connectivity index (χ0) is 66.3. The van der Waals surface area contributed by atoms with Gasteiger partial charge in [-0.2, -0.15) is 0 Å². The van der Waals surface area contributed by atoms with E-state index < -0.39 is 97.5 Å². The van der Waals surface area contributed by atoms with Crippen LogP contribution in [0.25, 0.3) is 0 Å². The summed E-state index contributed by atoms with van der Waals surface area (Å²) >= 11 is 0. The smallest absolute Gasteiger partial charge is 0.462 e. The van der Waals surface area contributed by atoms with Crippen molar-refractivity contribution in [2.24, 2.45) is 5.92 Å². The molecule has 3 N–H and O–H groups in total. The first-order valence-corrected chi connectivity index (χ1v) is 40.1. The highest BCUT2D eigenvalue weighted by Crippen LogP contribution is 2.45. The minimum atomic E-state index is -4.95. The maximum atomic E-state index is 13.0. The Morgan fingerprint density at radius 3 is 0.756 bits per heavy atom. The lowest BCUT2D eigenvalue weighted by molar-refractivity contribution is -0.161. The van der Waals surface area contributed by atoms with Crippen LogP contribution in [0.3, 0.4) is 0 Å². The van der Waals surface area contributed by atoms with Crippen LogP contribution >= 0.6 is 15.6 Å². The zero-order valence-electron chi connectivity index (χ0n) is 58.3. The van der Waals surface area contributed by atoms with Gasteiger partial charge in [-0.1, -0.05) is 317 Å². The molecule has 0 spiro atoms. The molecule has 0 amide bonds. The molecule has 0 radical (unpaired) electrons. The van der Waals surface area contributed by atoms with E-state index in [1.807, 2.05) is 0 Å². The van der Waals surface area contributed by atoms with Gasteiger partial charge in [-0.15, -0.1) is 0 Å². The predicted molar refractivity (Wildman–Crippen MR) is 363 cm³/mol. The molecule has 0 fully saturated rings. The summed E-state index contributed by atoms with van der Waals surface area (Å²) in [4.78, 5) is 72.6. The van der Waals surface area contributed by atoms with Gasteiger partial charge in [-0.25, -0.2) is 9.13 Å². The average Bonchev–Trinajstić information content (AvgIpc) is 3.69. The number of hydrogen-bond acceptors (Lipinski definition) is 15. The molecule has 0 saturated carbocycles. The van der Waals surface area contributed by atoms with Crippen LogP contribution < -0.4 is 0 Å². The van der Waals surface area contributed by atoms with E-state index in [1.54, 1.807) is 0 Å². The fourth-order valence-electron chi connectivity index (χ4n) is 10.8. The second-order valence-electron chi connectivity index (χ2n) is 26.1. The Hall–Kier alpha value is -1.94. The van der Waals surface area contributed by atoms with Gasteiger partial charge in [0.25, 0.3) is 0 Å².